The zero-order valence-electron chi connectivity index (χ0n) is 9.45. The van der Waals surface area contributed by atoms with Crippen LogP contribution in [-0.2, 0) is 14.6 Å². The second-order valence-corrected chi connectivity index (χ2v) is 7.01. The van der Waals surface area contributed by atoms with Gasteiger partial charge in [-0.2, -0.15) is 0 Å². The van der Waals surface area contributed by atoms with E-state index in [0.717, 1.165) is 6.26 Å². The summed E-state index contributed by atoms with van der Waals surface area (Å²) in [5, 5.41) is 1.56. The molecule has 1 N–H and O–H groups in total. The Morgan fingerprint density at radius 1 is 1.33 bits per heavy atom. The van der Waals surface area contributed by atoms with Gasteiger partial charge in [-0.1, -0.05) is 0 Å². The zero-order valence-corrected chi connectivity index (χ0v) is 11.0. The van der Waals surface area contributed by atoms with Crippen molar-refractivity contribution in [2.24, 2.45) is 0 Å². The highest BCUT2D eigenvalue weighted by Crippen LogP contribution is 2.05. The van der Waals surface area contributed by atoms with Crippen molar-refractivity contribution in [1.82, 2.24) is 5.32 Å². The average Bonchev–Trinajstić information content (AvgIpc) is 1.99. The topological polar surface area (TPSA) is 63.2 Å². The first-order valence-corrected chi connectivity index (χ1v) is 7.17. The van der Waals surface area contributed by atoms with Gasteiger partial charge in [0.25, 0.3) is 0 Å². The third-order valence-corrected chi connectivity index (χ3v) is 3.76. The van der Waals surface area contributed by atoms with Gasteiger partial charge < -0.3 is 5.32 Å². The molecule has 0 radical (unpaired) electrons. The molecule has 6 heteroatoms. The van der Waals surface area contributed by atoms with Crippen LogP contribution in [-0.4, -0.2) is 37.2 Å². The van der Waals surface area contributed by atoms with Gasteiger partial charge in [0.2, 0.25) is 5.91 Å². The summed E-state index contributed by atoms with van der Waals surface area (Å²) in [6.45, 7) is 5.00. The van der Waals surface area contributed by atoms with Crippen LogP contribution in [0.3, 0.4) is 0 Å². The van der Waals surface area contributed by atoms with Crippen LogP contribution in [0.15, 0.2) is 0 Å². The maximum absolute atomic E-state index is 11.4. The molecule has 0 aliphatic carbocycles. The number of hydrogen-bond donors (Lipinski definition) is 1. The van der Waals surface area contributed by atoms with Crippen LogP contribution in [0.25, 0.3) is 0 Å². The number of sulfone groups is 1. The van der Waals surface area contributed by atoms with Crippen LogP contribution in [0.5, 0.6) is 0 Å². The minimum atomic E-state index is -3.32. The molecular formula is C9H18ClNO3S. The van der Waals surface area contributed by atoms with Gasteiger partial charge in [-0.3, -0.25) is 4.79 Å². The molecule has 0 bridgehead atoms. The highest BCUT2D eigenvalue weighted by molar-refractivity contribution is 7.92. The van der Waals surface area contributed by atoms with E-state index in [9.17, 15) is 13.2 Å². The van der Waals surface area contributed by atoms with E-state index in [2.05, 4.69) is 5.32 Å². The molecule has 3 unspecified atom stereocenters. The molecule has 0 saturated heterocycles. The third kappa shape index (κ3) is 5.99. The van der Waals surface area contributed by atoms with Gasteiger partial charge in [-0.15, -0.1) is 11.6 Å². The Hall–Kier alpha value is -0.290. The molecule has 0 rings (SSSR count). The van der Waals surface area contributed by atoms with Crippen LogP contribution in [0.4, 0.5) is 0 Å². The van der Waals surface area contributed by atoms with Crippen molar-refractivity contribution in [1.29, 1.82) is 0 Å². The molecule has 0 aromatic heterocycles. The van der Waals surface area contributed by atoms with Crippen molar-refractivity contribution in [3.63, 3.8) is 0 Å². The van der Waals surface area contributed by atoms with E-state index in [1.807, 2.05) is 6.92 Å². The standard InChI is InChI=1S/C9H18ClNO3S/c1-6(10)5-7(2)11-9(12)8(3)15(4,13)14/h6-8H,5H2,1-4H3,(H,11,12). The van der Waals surface area contributed by atoms with Crippen molar-refractivity contribution >= 4 is 27.3 Å². The van der Waals surface area contributed by atoms with E-state index < -0.39 is 21.0 Å². The first-order valence-electron chi connectivity index (χ1n) is 4.78. The van der Waals surface area contributed by atoms with Gasteiger partial charge >= 0.3 is 0 Å². The molecule has 15 heavy (non-hydrogen) atoms. The summed E-state index contributed by atoms with van der Waals surface area (Å²) in [5.41, 5.74) is 0. The zero-order chi connectivity index (χ0) is 12.2. The van der Waals surface area contributed by atoms with E-state index in [4.69, 9.17) is 11.6 Å². The van der Waals surface area contributed by atoms with Crippen molar-refractivity contribution in [3.8, 4) is 0 Å². The van der Waals surface area contributed by atoms with E-state index in [1.54, 1.807) is 6.92 Å². The third-order valence-electron chi connectivity index (χ3n) is 2.08. The molecule has 0 aromatic carbocycles. The number of amides is 1. The molecule has 0 spiro atoms. The van der Waals surface area contributed by atoms with Gasteiger partial charge in [-0.25, -0.2) is 8.42 Å². The Bertz CT molecular complexity index is 313. The summed E-state index contributed by atoms with van der Waals surface area (Å²) in [5.74, 6) is -0.470. The van der Waals surface area contributed by atoms with Gasteiger partial charge in [0.15, 0.2) is 9.84 Å². The average molecular weight is 256 g/mol. The summed E-state index contributed by atoms with van der Waals surface area (Å²) < 4.78 is 22.2. The summed E-state index contributed by atoms with van der Waals surface area (Å²) in [4.78, 5) is 11.4. The van der Waals surface area contributed by atoms with Crippen LogP contribution in [0.2, 0.25) is 0 Å². The maximum Gasteiger partial charge on any atom is 0.238 e. The van der Waals surface area contributed by atoms with Crippen molar-refractivity contribution in [2.45, 2.75) is 43.9 Å². The lowest BCUT2D eigenvalue weighted by Crippen LogP contribution is -2.42. The first kappa shape index (κ1) is 14.7. The number of alkyl halides is 1. The molecular weight excluding hydrogens is 238 g/mol. The summed E-state index contributed by atoms with van der Waals surface area (Å²) in [7, 11) is -3.32. The second-order valence-electron chi connectivity index (χ2n) is 3.90. The van der Waals surface area contributed by atoms with E-state index >= 15 is 0 Å². The molecule has 0 aromatic rings. The van der Waals surface area contributed by atoms with E-state index in [1.165, 1.54) is 6.92 Å². The Morgan fingerprint density at radius 3 is 2.13 bits per heavy atom. The lowest BCUT2D eigenvalue weighted by atomic mass is 10.2. The monoisotopic (exact) mass is 255 g/mol. The largest absolute Gasteiger partial charge is 0.352 e. The number of carbonyl (C=O) groups excluding carboxylic acids is 1. The molecule has 0 heterocycles. The number of carbonyl (C=O) groups is 1. The predicted molar refractivity (Wildman–Crippen MR) is 61.8 cm³/mol. The molecule has 90 valence electrons. The normalized spacial score (nSPS) is 17.9. The Morgan fingerprint density at radius 2 is 1.80 bits per heavy atom. The number of nitrogens with one attached hydrogen (secondary N) is 1. The fourth-order valence-corrected chi connectivity index (χ4v) is 1.82. The van der Waals surface area contributed by atoms with Crippen molar-refractivity contribution in [2.75, 3.05) is 6.26 Å². The van der Waals surface area contributed by atoms with Crippen LogP contribution < -0.4 is 5.32 Å². The molecule has 3 atom stereocenters. The summed E-state index contributed by atoms with van der Waals surface area (Å²) in [6, 6.07) is -0.116. The Kier molecular flexibility index (Phi) is 5.59. The molecule has 4 nitrogen and oxygen atoms in total. The lowest BCUT2D eigenvalue weighted by Gasteiger charge is -2.17. The highest BCUT2D eigenvalue weighted by Gasteiger charge is 2.24. The molecule has 0 fully saturated rings. The number of hydrogen-bond acceptors (Lipinski definition) is 3. The van der Waals surface area contributed by atoms with Crippen molar-refractivity contribution in [3.05, 3.63) is 0 Å². The van der Waals surface area contributed by atoms with Crippen molar-refractivity contribution < 1.29 is 13.2 Å². The fraction of sp³-hybridized carbons (Fsp3) is 0.889. The van der Waals surface area contributed by atoms with Gasteiger partial charge in [0.05, 0.1) is 0 Å². The lowest BCUT2D eigenvalue weighted by molar-refractivity contribution is -0.121. The smallest absolute Gasteiger partial charge is 0.238 e. The van der Waals surface area contributed by atoms with Crippen LogP contribution in [0, 0.1) is 0 Å². The van der Waals surface area contributed by atoms with Gasteiger partial charge in [0, 0.05) is 17.7 Å². The minimum Gasteiger partial charge on any atom is -0.352 e. The van der Waals surface area contributed by atoms with E-state index in [0.29, 0.717) is 6.42 Å². The Balaban J connectivity index is 4.26. The maximum atomic E-state index is 11.4. The fourth-order valence-electron chi connectivity index (χ4n) is 1.10. The quantitative estimate of drug-likeness (QED) is 0.744. The van der Waals surface area contributed by atoms with Gasteiger partial charge in [0.1, 0.15) is 5.25 Å². The highest BCUT2D eigenvalue weighted by atomic mass is 35.5. The summed E-state index contributed by atoms with van der Waals surface area (Å²) in [6.07, 6.45) is 1.66. The van der Waals surface area contributed by atoms with Crippen LogP contribution >= 0.6 is 11.6 Å². The SMILES string of the molecule is CC(Cl)CC(C)NC(=O)C(C)S(C)(=O)=O. The van der Waals surface area contributed by atoms with Gasteiger partial charge in [-0.05, 0) is 27.2 Å². The number of rotatable bonds is 5. The second kappa shape index (κ2) is 5.70. The minimum absolute atomic E-state index is 0.0474. The molecule has 0 saturated carbocycles. The molecule has 0 aliphatic rings. The predicted octanol–water partition coefficient (Wildman–Crippen LogP) is 0.942. The molecule has 1 amide bonds. The van der Waals surface area contributed by atoms with Crippen LogP contribution in [0.1, 0.15) is 27.2 Å². The molecule has 0 aliphatic heterocycles. The number of halogens is 1. The summed E-state index contributed by atoms with van der Waals surface area (Å²) >= 11 is 5.76. The Labute approximate surface area is 96.3 Å². The first-order chi connectivity index (χ1) is 6.64. The van der Waals surface area contributed by atoms with E-state index in [-0.39, 0.29) is 11.4 Å².